The highest BCUT2D eigenvalue weighted by Crippen LogP contribution is 2.33. The van der Waals surface area contributed by atoms with E-state index in [4.69, 9.17) is 35.6 Å². The summed E-state index contributed by atoms with van der Waals surface area (Å²) in [6, 6.07) is 7.63. The van der Waals surface area contributed by atoms with E-state index in [-0.39, 0.29) is 6.61 Å². The fourth-order valence-corrected chi connectivity index (χ4v) is 3.14. The number of benzene rings is 1. The van der Waals surface area contributed by atoms with Crippen LogP contribution >= 0.6 is 0 Å². The Balaban J connectivity index is 0.000000708. The smallest absolute Gasteiger partial charge is 0.490 e. The van der Waals surface area contributed by atoms with Gasteiger partial charge in [0.2, 0.25) is 5.88 Å². The van der Waals surface area contributed by atoms with E-state index in [2.05, 4.69) is 4.98 Å². The molecular formula is C22H25F3N4O11. The van der Waals surface area contributed by atoms with Gasteiger partial charge in [0.05, 0.1) is 6.42 Å². The van der Waals surface area contributed by atoms with Crippen LogP contribution in [0.5, 0.6) is 5.88 Å². The van der Waals surface area contributed by atoms with Crippen molar-refractivity contribution in [3.05, 3.63) is 47.9 Å². The van der Waals surface area contributed by atoms with Crippen molar-refractivity contribution in [2.75, 3.05) is 6.61 Å². The summed E-state index contributed by atoms with van der Waals surface area (Å²) in [5.74, 6) is -6.06. The molecule has 8 N–H and O–H groups in total. The summed E-state index contributed by atoms with van der Waals surface area (Å²) in [6.45, 7) is -0.472. The summed E-state index contributed by atoms with van der Waals surface area (Å²) in [7, 11) is 0. The van der Waals surface area contributed by atoms with Crippen LogP contribution < -0.4 is 11.5 Å². The number of aromatic nitrogens is 2. The molecule has 0 radical (unpaired) electrons. The number of nitrogens with zero attached hydrogens (tertiary/aromatic N) is 2. The van der Waals surface area contributed by atoms with Crippen LogP contribution in [0.25, 0.3) is 0 Å². The van der Waals surface area contributed by atoms with Gasteiger partial charge in [0.15, 0.2) is 11.9 Å². The molecule has 0 spiro atoms. The van der Waals surface area contributed by atoms with Crippen LogP contribution in [0.3, 0.4) is 0 Å². The van der Waals surface area contributed by atoms with Gasteiger partial charge in [0.25, 0.3) is 5.91 Å². The van der Waals surface area contributed by atoms with Crippen LogP contribution in [0.4, 0.5) is 13.2 Å². The molecule has 18 heteroatoms. The number of halogens is 3. The molecule has 0 aliphatic carbocycles. The molecule has 220 valence electrons. The van der Waals surface area contributed by atoms with Crippen LogP contribution in [0.1, 0.15) is 28.7 Å². The minimum atomic E-state index is -5.08. The Morgan fingerprint density at radius 1 is 1.10 bits per heavy atom. The maximum Gasteiger partial charge on any atom is 0.490 e. The Bertz CT molecular complexity index is 1190. The molecule has 1 aliphatic heterocycles. The van der Waals surface area contributed by atoms with Crippen LogP contribution in [-0.4, -0.2) is 90.9 Å². The number of carboxylic acids is 1. The molecule has 15 nitrogen and oxygen atoms in total. The van der Waals surface area contributed by atoms with Gasteiger partial charge in [-0.25, -0.2) is 9.78 Å². The topological polar surface area (TPSA) is 247 Å². The van der Waals surface area contributed by atoms with E-state index in [1.807, 2.05) is 6.07 Å². The van der Waals surface area contributed by atoms with Crippen molar-refractivity contribution in [1.29, 1.82) is 0 Å². The molecule has 0 bridgehead atoms. The Labute approximate surface area is 222 Å². The van der Waals surface area contributed by atoms with Crippen LogP contribution in [0.2, 0.25) is 0 Å². The third kappa shape index (κ3) is 8.63. The van der Waals surface area contributed by atoms with E-state index in [0.29, 0.717) is 0 Å². The number of carbonyl (C=O) groups excluding carboxylic acids is 3. The van der Waals surface area contributed by atoms with Crippen molar-refractivity contribution >= 4 is 23.8 Å². The number of esters is 2. The Morgan fingerprint density at radius 3 is 2.23 bits per heavy atom. The summed E-state index contributed by atoms with van der Waals surface area (Å²) in [4.78, 5) is 47.8. The molecule has 0 unspecified atom stereocenters. The SMILES string of the molecule is NC(=O)c1ncn([C@@H]2O[C@H](COC(=O)[C@@H](N)CC(=O)OCc3ccccc3)[C@@H](O)[C@H]2O)c1O.O=C(O)C(F)(F)F. The quantitative estimate of drug-likeness (QED) is 0.195. The Morgan fingerprint density at radius 2 is 1.70 bits per heavy atom. The molecule has 1 fully saturated rings. The lowest BCUT2D eigenvalue weighted by Crippen LogP contribution is -2.39. The molecule has 5 atom stereocenters. The van der Waals surface area contributed by atoms with E-state index in [1.165, 1.54) is 0 Å². The first-order valence-corrected chi connectivity index (χ1v) is 11.1. The van der Waals surface area contributed by atoms with Crippen molar-refractivity contribution in [1.82, 2.24) is 9.55 Å². The fourth-order valence-electron chi connectivity index (χ4n) is 3.14. The molecular weight excluding hydrogens is 553 g/mol. The molecule has 0 saturated carbocycles. The van der Waals surface area contributed by atoms with Gasteiger partial charge in [0, 0.05) is 0 Å². The largest absolute Gasteiger partial charge is 0.493 e. The second kappa shape index (κ2) is 13.7. The van der Waals surface area contributed by atoms with Gasteiger partial charge in [-0.2, -0.15) is 13.2 Å². The number of hydrogen-bond donors (Lipinski definition) is 6. The van der Waals surface area contributed by atoms with Gasteiger partial charge in [-0.3, -0.25) is 19.0 Å². The fraction of sp³-hybridized carbons (Fsp3) is 0.409. The van der Waals surface area contributed by atoms with Gasteiger partial charge < -0.3 is 46.1 Å². The zero-order valence-corrected chi connectivity index (χ0v) is 20.3. The normalized spacial score (nSPS) is 21.1. The van der Waals surface area contributed by atoms with E-state index < -0.39 is 85.2 Å². The van der Waals surface area contributed by atoms with Crippen LogP contribution in [-0.2, 0) is 35.2 Å². The number of aromatic hydroxyl groups is 1. The lowest BCUT2D eigenvalue weighted by Gasteiger charge is -2.17. The van der Waals surface area contributed by atoms with E-state index >= 15 is 0 Å². The molecule has 1 aliphatic rings. The number of ether oxygens (including phenoxy) is 3. The molecule has 3 rings (SSSR count). The highest BCUT2D eigenvalue weighted by molar-refractivity contribution is 5.93. The van der Waals surface area contributed by atoms with Gasteiger partial charge in [-0.15, -0.1) is 0 Å². The van der Waals surface area contributed by atoms with E-state index in [0.717, 1.165) is 16.5 Å². The average molecular weight is 578 g/mol. The summed E-state index contributed by atoms with van der Waals surface area (Å²) in [6.07, 6.45) is -10.1. The van der Waals surface area contributed by atoms with Crippen molar-refractivity contribution in [3.8, 4) is 5.88 Å². The summed E-state index contributed by atoms with van der Waals surface area (Å²) in [5, 5.41) is 37.6. The molecule has 1 saturated heterocycles. The molecule has 1 aromatic heterocycles. The number of nitrogens with two attached hydrogens (primary N) is 2. The zero-order valence-electron chi connectivity index (χ0n) is 20.3. The average Bonchev–Trinajstić information content (AvgIpc) is 3.40. The predicted octanol–water partition coefficient (Wildman–Crippen LogP) is -1.06. The minimum Gasteiger partial charge on any atom is -0.493 e. The van der Waals surface area contributed by atoms with Crippen LogP contribution in [0, 0.1) is 0 Å². The maximum absolute atomic E-state index is 12.1. The molecule has 2 heterocycles. The summed E-state index contributed by atoms with van der Waals surface area (Å²) < 4.78 is 48.1. The number of hydrogen-bond acceptors (Lipinski definition) is 12. The number of imidazole rings is 1. The minimum absolute atomic E-state index is 0.0292. The highest BCUT2D eigenvalue weighted by Gasteiger charge is 2.45. The number of alkyl halides is 3. The number of rotatable bonds is 9. The molecule has 1 aromatic carbocycles. The maximum atomic E-state index is 12.1. The van der Waals surface area contributed by atoms with Gasteiger partial charge >= 0.3 is 24.1 Å². The number of carbonyl (C=O) groups is 4. The summed E-state index contributed by atoms with van der Waals surface area (Å²) in [5.41, 5.74) is 11.1. The first kappa shape index (κ1) is 32.0. The zero-order chi connectivity index (χ0) is 30.2. The predicted molar refractivity (Wildman–Crippen MR) is 122 cm³/mol. The summed E-state index contributed by atoms with van der Waals surface area (Å²) >= 11 is 0. The van der Waals surface area contributed by atoms with Gasteiger partial charge in [-0.1, -0.05) is 30.3 Å². The molecule has 1 amide bonds. The number of aliphatic hydroxyl groups is 2. The van der Waals surface area contributed by atoms with Crippen molar-refractivity contribution in [2.45, 2.75) is 49.8 Å². The number of amides is 1. The Kier molecular flexibility index (Phi) is 10.9. The lowest BCUT2D eigenvalue weighted by atomic mass is 10.1. The monoisotopic (exact) mass is 578 g/mol. The van der Waals surface area contributed by atoms with Gasteiger partial charge in [-0.05, 0) is 5.56 Å². The van der Waals surface area contributed by atoms with Crippen molar-refractivity contribution < 1.29 is 67.0 Å². The number of carboxylic acid groups (broad SMARTS) is 1. The first-order valence-electron chi connectivity index (χ1n) is 11.1. The standard InChI is InChI=1S/C20H24N4O9.C2HF3O2/c21-11(6-13(25)31-7-10-4-2-1-3-5-10)20(30)32-8-12-15(26)16(27)19(33-12)24-9-23-14(17(22)28)18(24)29;3-2(4,5)1(6)7/h1-5,9,11-12,15-16,19,26-27,29H,6-8,21H2,(H2,22,28);(H,6,7)/t11-,12+,15+,16+,19+;/m0./s1. The second-order valence-electron chi connectivity index (χ2n) is 8.12. The third-order valence-corrected chi connectivity index (χ3v) is 5.18. The Hall–Kier alpha value is -4.26. The molecule has 2 aromatic rings. The van der Waals surface area contributed by atoms with Crippen molar-refractivity contribution in [2.24, 2.45) is 11.5 Å². The number of primary amides is 1. The first-order chi connectivity index (χ1) is 18.6. The second-order valence-corrected chi connectivity index (χ2v) is 8.12. The third-order valence-electron chi connectivity index (χ3n) is 5.18. The number of aliphatic carboxylic acids is 1. The highest BCUT2D eigenvalue weighted by atomic mass is 19.4. The van der Waals surface area contributed by atoms with E-state index in [9.17, 15) is 42.9 Å². The number of aliphatic hydroxyl groups excluding tert-OH is 2. The lowest BCUT2D eigenvalue weighted by molar-refractivity contribution is -0.192. The van der Waals surface area contributed by atoms with E-state index in [1.54, 1.807) is 24.3 Å². The van der Waals surface area contributed by atoms with Crippen LogP contribution in [0.15, 0.2) is 36.7 Å². The van der Waals surface area contributed by atoms with Crippen molar-refractivity contribution in [3.63, 3.8) is 0 Å². The van der Waals surface area contributed by atoms with Gasteiger partial charge in [0.1, 0.15) is 43.9 Å². The molecule has 40 heavy (non-hydrogen) atoms.